The number of benzene rings is 1. The van der Waals surface area contributed by atoms with Gasteiger partial charge in [-0.25, -0.2) is 0 Å². The molecule has 2 unspecified atom stereocenters. The Morgan fingerprint density at radius 3 is 3.05 bits per heavy atom. The van der Waals surface area contributed by atoms with Gasteiger partial charge < -0.3 is 15.4 Å². The zero-order chi connectivity index (χ0) is 14.4. The second-order valence-corrected chi connectivity index (χ2v) is 5.94. The number of piperidine rings is 1. The number of halogens is 1. The van der Waals surface area contributed by atoms with Crippen molar-refractivity contribution < 1.29 is 9.53 Å². The van der Waals surface area contributed by atoms with E-state index in [1.54, 1.807) is 0 Å². The zero-order valence-corrected chi connectivity index (χ0v) is 13.3. The minimum Gasteiger partial charge on any atom is -0.492 e. The lowest BCUT2D eigenvalue weighted by Crippen LogP contribution is -2.52. The van der Waals surface area contributed by atoms with Crippen LogP contribution < -0.4 is 15.4 Å². The van der Waals surface area contributed by atoms with Gasteiger partial charge in [0.25, 0.3) is 0 Å². The van der Waals surface area contributed by atoms with Crippen molar-refractivity contribution in [2.45, 2.75) is 38.3 Å². The molecule has 1 saturated heterocycles. The summed E-state index contributed by atoms with van der Waals surface area (Å²) in [5.74, 6) is 0.825. The fourth-order valence-electron chi connectivity index (χ4n) is 2.34. The van der Waals surface area contributed by atoms with E-state index in [-0.39, 0.29) is 11.9 Å². The van der Waals surface area contributed by atoms with E-state index in [2.05, 4.69) is 33.5 Å². The molecule has 5 heteroatoms. The number of para-hydroxylation sites is 1. The predicted octanol–water partition coefficient (Wildman–Crippen LogP) is 2.47. The van der Waals surface area contributed by atoms with Gasteiger partial charge in [0.2, 0.25) is 5.91 Å². The van der Waals surface area contributed by atoms with Gasteiger partial charge in [0.15, 0.2) is 0 Å². The van der Waals surface area contributed by atoms with Crippen LogP contribution in [-0.4, -0.2) is 31.1 Å². The molecular weight excluding hydrogens is 320 g/mol. The largest absolute Gasteiger partial charge is 0.492 e. The van der Waals surface area contributed by atoms with Crippen molar-refractivity contribution in [2.24, 2.45) is 0 Å². The van der Waals surface area contributed by atoms with Crippen molar-refractivity contribution in [3.63, 3.8) is 0 Å². The molecule has 1 aliphatic heterocycles. The van der Waals surface area contributed by atoms with Crippen molar-refractivity contribution in [3.8, 4) is 5.75 Å². The van der Waals surface area contributed by atoms with E-state index in [0.717, 1.165) is 29.6 Å². The molecule has 110 valence electrons. The maximum absolute atomic E-state index is 11.9. The summed E-state index contributed by atoms with van der Waals surface area (Å²) < 4.78 is 6.51. The summed E-state index contributed by atoms with van der Waals surface area (Å²) in [5.41, 5.74) is 0. The van der Waals surface area contributed by atoms with Crippen molar-refractivity contribution in [1.29, 1.82) is 0 Å². The number of carbonyl (C=O) groups excluding carboxylic acids is 1. The zero-order valence-electron chi connectivity index (χ0n) is 11.7. The molecule has 1 amide bonds. The van der Waals surface area contributed by atoms with E-state index in [1.165, 1.54) is 0 Å². The highest BCUT2D eigenvalue weighted by Crippen LogP contribution is 2.23. The summed E-state index contributed by atoms with van der Waals surface area (Å²) in [7, 11) is 0. The number of hydrogen-bond acceptors (Lipinski definition) is 3. The lowest BCUT2D eigenvalue weighted by molar-refractivity contribution is -0.122. The highest BCUT2D eigenvalue weighted by molar-refractivity contribution is 9.10. The molecule has 0 saturated carbocycles. The number of rotatable bonds is 5. The highest BCUT2D eigenvalue weighted by atomic mass is 79.9. The van der Waals surface area contributed by atoms with Crippen LogP contribution in [0.25, 0.3) is 0 Å². The van der Waals surface area contributed by atoms with E-state index in [1.807, 2.05) is 24.3 Å². The molecule has 1 aromatic rings. The first-order valence-electron chi connectivity index (χ1n) is 7.07. The first kappa shape index (κ1) is 15.3. The molecule has 1 fully saturated rings. The Labute approximate surface area is 128 Å². The lowest BCUT2D eigenvalue weighted by atomic mass is 10.00. The average Bonchev–Trinajstić information content (AvgIpc) is 2.43. The van der Waals surface area contributed by atoms with Crippen molar-refractivity contribution in [2.75, 3.05) is 13.2 Å². The monoisotopic (exact) mass is 340 g/mol. The van der Waals surface area contributed by atoms with Gasteiger partial charge in [-0.1, -0.05) is 12.1 Å². The van der Waals surface area contributed by atoms with Gasteiger partial charge in [-0.05, 0) is 54.4 Å². The summed E-state index contributed by atoms with van der Waals surface area (Å²) in [6.45, 7) is 3.54. The van der Waals surface area contributed by atoms with Crippen molar-refractivity contribution >= 4 is 21.8 Å². The molecule has 1 aliphatic rings. The quantitative estimate of drug-likeness (QED) is 0.865. The van der Waals surface area contributed by atoms with Crippen molar-refractivity contribution in [1.82, 2.24) is 10.6 Å². The minimum absolute atomic E-state index is 0.0533. The Kier molecular flexibility index (Phi) is 5.86. The molecule has 20 heavy (non-hydrogen) atoms. The third-order valence-corrected chi connectivity index (χ3v) is 4.19. The summed E-state index contributed by atoms with van der Waals surface area (Å²) in [5, 5.41) is 6.45. The molecule has 0 aromatic heterocycles. The van der Waals surface area contributed by atoms with Gasteiger partial charge in [0.1, 0.15) is 5.75 Å². The van der Waals surface area contributed by atoms with E-state index in [9.17, 15) is 4.79 Å². The van der Waals surface area contributed by atoms with Gasteiger partial charge >= 0.3 is 0 Å². The average molecular weight is 341 g/mol. The summed E-state index contributed by atoms with van der Waals surface area (Å²) in [4.78, 5) is 11.9. The van der Waals surface area contributed by atoms with Crippen LogP contribution >= 0.6 is 15.9 Å². The fourth-order valence-corrected chi connectivity index (χ4v) is 2.73. The predicted molar refractivity (Wildman–Crippen MR) is 82.9 cm³/mol. The fraction of sp³-hybridized carbons (Fsp3) is 0.533. The highest BCUT2D eigenvalue weighted by Gasteiger charge is 2.22. The van der Waals surface area contributed by atoms with Crippen LogP contribution in [0.4, 0.5) is 0 Å². The number of amides is 1. The molecule has 2 rings (SSSR count). The van der Waals surface area contributed by atoms with Crippen LogP contribution in [0, 0.1) is 0 Å². The standard InChI is InChI=1S/C15H21BrN2O2/c1-11-13(6-4-9-17-11)18-15(19)8-10-20-14-7-3-2-5-12(14)16/h2-3,5,7,11,13,17H,4,6,8-10H2,1H3,(H,18,19). The number of hydrogen-bond donors (Lipinski definition) is 2. The van der Waals surface area contributed by atoms with Gasteiger partial charge in [0.05, 0.1) is 17.5 Å². The summed E-state index contributed by atoms with van der Waals surface area (Å²) in [6, 6.07) is 8.23. The Morgan fingerprint density at radius 2 is 2.30 bits per heavy atom. The third-order valence-electron chi connectivity index (χ3n) is 3.53. The Bertz CT molecular complexity index is 453. The third kappa shape index (κ3) is 4.49. The van der Waals surface area contributed by atoms with Crippen LogP contribution in [-0.2, 0) is 4.79 Å². The maximum Gasteiger partial charge on any atom is 0.223 e. The number of nitrogens with one attached hydrogen (secondary N) is 2. The van der Waals surface area contributed by atoms with E-state index < -0.39 is 0 Å². The molecule has 0 radical (unpaired) electrons. The van der Waals surface area contributed by atoms with Gasteiger partial charge in [0, 0.05) is 12.1 Å². The molecule has 2 N–H and O–H groups in total. The number of ether oxygens (including phenoxy) is 1. The lowest BCUT2D eigenvalue weighted by Gasteiger charge is -2.30. The molecule has 4 nitrogen and oxygen atoms in total. The van der Waals surface area contributed by atoms with Gasteiger partial charge in [-0.3, -0.25) is 4.79 Å². The smallest absolute Gasteiger partial charge is 0.223 e. The molecule has 0 bridgehead atoms. The molecule has 0 aliphatic carbocycles. The molecular formula is C15H21BrN2O2. The van der Waals surface area contributed by atoms with Crippen LogP contribution in [0.5, 0.6) is 5.75 Å². The first-order valence-corrected chi connectivity index (χ1v) is 7.86. The molecule has 1 heterocycles. The van der Waals surface area contributed by atoms with E-state index >= 15 is 0 Å². The maximum atomic E-state index is 11.9. The van der Waals surface area contributed by atoms with Crippen LogP contribution in [0.2, 0.25) is 0 Å². The van der Waals surface area contributed by atoms with Crippen LogP contribution in [0.3, 0.4) is 0 Å². The minimum atomic E-state index is 0.0533. The summed E-state index contributed by atoms with van der Waals surface area (Å²) in [6.07, 6.45) is 2.54. The Balaban J connectivity index is 1.71. The van der Waals surface area contributed by atoms with Crippen LogP contribution in [0.1, 0.15) is 26.2 Å². The topological polar surface area (TPSA) is 50.4 Å². The van der Waals surface area contributed by atoms with Gasteiger partial charge in [-0.15, -0.1) is 0 Å². The second kappa shape index (κ2) is 7.64. The van der Waals surface area contributed by atoms with Crippen LogP contribution in [0.15, 0.2) is 28.7 Å². The van der Waals surface area contributed by atoms with Crippen molar-refractivity contribution in [3.05, 3.63) is 28.7 Å². The molecule has 1 aromatic carbocycles. The molecule has 2 atom stereocenters. The Hall–Kier alpha value is -1.07. The Morgan fingerprint density at radius 1 is 1.50 bits per heavy atom. The SMILES string of the molecule is CC1NCCCC1NC(=O)CCOc1ccccc1Br. The normalized spacial score (nSPS) is 22.3. The summed E-state index contributed by atoms with van der Waals surface area (Å²) >= 11 is 3.42. The second-order valence-electron chi connectivity index (χ2n) is 5.09. The molecule has 0 spiro atoms. The number of carbonyl (C=O) groups is 1. The van der Waals surface area contributed by atoms with E-state index in [4.69, 9.17) is 4.74 Å². The first-order chi connectivity index (χ1) is 9.66. The van der Waals surface area contributed by atoms with Gasteiger partial charge in [-0.2, -0.15) is 0 Å². The van der Waals surface area contributed by atoms with E-state index in [0.29, 0.717) is 19.1 Å².